The summed E-state index contributed by atoms with van der Waals surface area (Å²) in [7, 11) is -3.44. The number of hydrogen-bond donors (Lipinski definition) is 2. The molecule has 0 fully saturated rings. The maximum atomic E-state index is 12.2. The summed E-state index contributed by atoms with van der Waals surface area (Å²) >= 11 is 0. The van der Waals surface area contributed by atoms with Gasteiger partial charge < -0.3 is 10.6 Å². The molecule has 0 aromatic heterocycles. The lowest BCUT2D eigenvalue weighted by Gasteiger charge is -2.24. The van der Waals surface area contributed by atoms with Crippen LogP contribution in [-0.4, -0.2) is 33.0 Å². The van der Waals surface area contributed by atoms with E-state index < -0.39 is 10.0 Å². The molecule has 2 N–H and O–H groups in total. The van der Waals surface area contributed by atoms with Gasteiger partial charge in [0.15, 0.2) is 0 Å². The van der Waals surface area contributed by atoms with Crippen molar-refractivity contribution in [2.24, 2.45) is 0 Å². The van der Waals surface area contributed by atoms with Crippen LogP contribution in [0.4, 0.5) is 17.1 Å². The fourth-order valence-corrected chi connectivity index (χ4v) is 3.78. The molecule has 0 aliphatic heterocycles. The Labute approximate surface area is 165 Å². The number of carbonyl (C=O) groups is 2. The maximum Gasteiger partial charge on any atom is 0.232 e. The Hall–Kier alpha value is -2.87. The lowest BCUT2D eigenvalue weighted by molar-refractivity contribution is -0.116. The highest BCUT2D eigenvalue weighted by atomic mass is 32.2. The highest BCUT2D eigenvalue weighted by Crippen LogP contribution is 2.22. The summed E-state index contributed by atoms with van der Waals surface area (Å²) in [4.78, 5) is 23.2. The van der Waals surface area contributed by atoms with Crippen molar-refractivity contribution in [1.82, 2.24) is 0 Å². The molecule has 7 nitrogen and oxygen atoms in total. The molecule has 0 saturated heterocycles. The summed E-state index contributed by atoms with van der Waals surface area (Å²) in [5.41, 5.74) is 2.74. The van der Waals surface area contributed by atoms with Crippen LogP contribution in [0.5, 0.6) is 0 Å². The topological polar surface area (TPSA) is 95.6 Å². The van der Waals surface area contributed by atoms with E-state index in [-0.39, 0.29) is 24.8 Å². The van der Waals surface area contributed by atoms with Crippen LogP contribution in [0.3, 0.4) is 0 Å². The number of para-hydroxylation sites is 1. The molecule has 2 aromatic carbocycles. The standard InChI is InChI=1S/C20H25N3O4S/c1-15-7-4-5-8-19(15)23(28(3,26)27)14-6-9-20(25)22-18-12-10-17(11-13-18)21-16(2)24/h4-5,7-8,10-13H,6,9,14H2,1-3H3,(H,21,24)(H,22,25). The number of nitrogens with zero attached hydrogens (tertiary/aromatic N) is 1. The molecule has 8 heteroatoms. The van der Waals surface area contributed by atoms with Crippen LogP contribution in [0.25, 0.3) is 0 Å². The maximum absolute atomic E-state index is 12.2. The number of hydrogen-bond acceptors (Lipinski definition) is 4. The van der Waals surface area contributed by atoms with Gasteiger partial charge in [0.2, 0.25) is 21.8 Å². The molecular weight excluding hydrogens is 378 g/mol. The first-order valence-electron chi connectivity index (χ1n) is 8.87. The van der Waals surface area contributed by atoms with Crippen molar-refractivity contribution in [1.29, 1.82) is 0 Å². The van der Waals surface area contributed by atoms with Crippen LogP contribution in [0.2, 0.25) is 0 Å². The van der Waals surface area contributed by atoms with Gasteiger partial charge in [0.25, 0.3) is 0 Å². The van der Waals surface area contributed by atoms with Gasteiger partial charge in [0.1, 0.15) is 0 Å². The summed E-state index contributed by atoms with van der Waals surface area (Å²) in [6, 6.07) is 14.0. The monoisotopic (exact) mass is 403 g/mol. The fraction of sp³-hybridized carbons (Fsp3) is 0.300. The van der Waals surface area contributed by atoms with Gasteiger partial charge in [0, 0.05) is 31.3 Å². The fourth-order valence-electron chi connectivity index (χ4n) is 2.76. The number of carbonyl (C=O) groups excluding carboxylic acids is 2. The van der Waals surface area contributed by atoms with E-state index in [9.17, 15) is 18.0 Å². The van der Waals surface area contributed by atoms with E-state index in [1.165, 1.54) is 11.2 Å². The molecular formula is C20H25N3O4S. The number of benzene rings is 2. The van der Waals surface area contributed by atoms with E-state index in [1.54, 1.807) is 36.4 Å². The van der Waals surface area contributed by atoms with Crippen molar-refractivity contribution in [2.45, 2.75) is 26.7 Å². The quantitative estimate of drug-likeness (QED) is 0.708. The van der Waals surface area contributed by atoms with E-state index in [4.69, 9.17) is 0 Å². The van der Waals surface area contributed by atoms with E-state index in [0.717, 1.165) is 11.8 Å². The summed E-state index contributed by atoms with van der Waals surface area (Å²) < 4.78 is 25.6. The van der Waals surface area contributed by atoms with Gasteiger partial charge >= 0.3 is 0 Å². The van der Waals surface area contributed by atoms with Crippen LogP contribution in [0.1, 0.15) is 25.3 Å². The third-order valence-electron chi connectivity index (χ3n) is 4.04. The first-order valence-corrected chi connectivity index (χ1v) is 10.7. The zero-order chi connectivity index (χ0) is 20.7. The molecule has 0 aliphatic carbocycles. The molecule has 0 unspecified atom stereocenters. The van der Waals surface area contributed by atoms with Crippen molar-refractivity contribution < 1.29 is 18.0 Å². The summed E-state index contributed by atoms with van der Waals surface area (Å²) in [5, 5.41) is 5.42. The zero-order valence-corrected chi connectivity index (χ0v) is 17.0. The van der Waals surface area contributed by atoms with Gasteiger partial charge in [0.05, 0.1) is 11.9 Å². The van der Waals surface area contributed by atoms with Crippen LogP contribution in [-0.2, 0) is 19.6 Å². The second-order valence-corrected chi connectivity index (χ2v) is 8.44. The molecule has 2 rings (SSSR count). The minimum Gasteiger partial charge on any atom is -0.326 e. The van der Waals surface area contributed by atoms with E-state index in [1.807, 2.05) is 19.1 Å². The smallest absolute Gasteiger partial charge is 0.232 e. The minimum atomic E-state index is -3.44. The number of amides is 2. The van der Waals surface area contributed by atoms with E-state index in [0.29, 0.717) is 23.5 Å². The van der Waals surface area contributed by atoms with Crippen LogP contribution < -0.4 is 14.9 Å². The average molecular weight is 404 g/mol. The first-order chi connectivity index (χ1) is 13.2. The van der Waals surface area contributed by atoms with Gasteiger partial charge in [-0.2, -0.15) is 0 Å². The molecule has 28 heavy (non-hydrogen) atoms. The van der Waals surface area contributed by atoms with Gasteiger partial charge in [-0.25, -0.2) is 8.42 Å². The van der Waals surface area contributed by atoms with Crippen molar-refractivity contribution >= 4 is 38.9 Å². The molecule has 0 atom stereocenters. The van der Waals surface area contributed by atoms with E-state index in [2.05, 4.69) is 10.6 Å². The van der Waals surface area contributed by atoms with Gasteiger partial charge in [-0.05, 0) is 49.2 Å². The lowest BCUT2D eigenvalue weighted by atomic mass is 10.2. The Morgan fingerprint density at radius 1 is 0.964 bits per heavy atom. The Morgan fingerprint density at radius 2 is 1.54 bits per heavy atom. The van der Waals surface area contributed by atoms with Gasteiger partial charge in [-0.3, -0.25) is 13.9 Å². The third kappa shape index (κ3) is 6.38. The summed E-state index contributed by atoms with van der Waals surface area (Å²) in [6.07, 6.45) is 1.73. The van der Waals surface area contributed by atoms with E-state index >= 15 is 0 Å². The predicted octanol–water partition coefficient (Wildman–Crippen LogP) is 3.14. The summed E-state index contributed by atoms with van der Waals surface area (Å²) in [6.45, 7) is 3.50. The second-order valence-electron chi connectivity index (χ2n) is 6.53. The number of sulfonamides is 1. The number of nitrogens with one attached hydrogen (secondary N) is 2. The number of anilines is 3. The number of rotatable bonds is 8. The number of aryl methyl sites for hydroxylation is 1. The lowest BCUT2D eigenvalue weighted by Crippen LogP contribution is -2.32. The first kappa shape index (κ1) is 21.4. The highest BCUT2D eigenvalue weighted by Gasteiger charge is 2.19. The van der Waals surface area contributed by atoms with Gasteiger partial charge in [-0.15, -0.1) is 0 Å². The summed E-state index contributed by atoms with van der Waals surface area (Å²) in [5.74, 6) is -0.369. The van der Waals surface area contributed by atoms with Crippen LogP contribution >= 0.6 is 0 Å². The second kappa shape index (κ2) is 9.36. The van der Waals surface area contributed by atoms with Crippen LogP contribution in [0, 0.1) is 6.92 Å². The molecule has 0 bridgehead atoms. The molecule has 2 aromatic rings. The SMILES string of the molecule is CC(=O)Nc1ccc(NC(=O)CCCN(c2ccccc2C)S(C)(=O)=O)cc1. The van der Waals surface area contributed by atoms with Crippen molar-refractivity contribution in [2.75, 3.05) is 27.7 Å². The molecule has 2 amide bonds. The Morgan fingerprint density at radius 3 is 2.07 bits per heavy atom. The van der Waals surface area contributed by atoms with Crippen molar-refractivity contribution in [3.63, 3.8) is 0 Å². The highest BCUT2D eigenvalue weighted by molar-refractivity contribution is 7.92. The van der Waals surface area contributed by atoms with Crippen LogP contribution in [0.15, 0.2) is 48.5 Å². The van der Waals surface area contributed by atoms with Crippen molar-refractivity contribution in [3.8, 4) is 0 Å². The Bertz CT molecular complexity index is 940. The molecule has 0 heterocycles. The average Bonchev–Trinajstić information content (AvgIpc) is 2.60. The molecule has 150 valence electrons. The Kier molecular flexibility index (Phi) is 7.17. The predicted molar refractivity (Wildman–Crippen MR) is 112 cm³/mol. The molecule has 0 aliphatic rings. The van der Waals surface area contributed by atoms with Gasteiger partial charge in [-0.1, -0.05) is 18.2 Å². The third-order valence-corrected chi connectivity index (χ3v) is 5.22. The van der Waals surface area contributed by atoms with Crippen molar-refractivity contribution in [3.05, 3.63) is 54.1 Å². The largest absolute Gasteiger partial charge is 0.326 e. The minimum absolute atomic E-state index is 0.166. The zero-order valence-electron chi connectivity index (χ0n) is 16.2. The Balaban J connectivity index is 1.92. The normalized spacial score (nSPS) is 11.0. The molecule has 0 radical (unpaired) electrons. The molecule has 0 spiro atoms. The molecule has 0 saturated carbocycles.